The Hall–Kier alpha value is -1.95. The molecule has 0 aliphatic rings. The van der Waals surface area contributed by atoms with Crippen molar-refractivity contribution in [3.05, 3.63) is 39.9 Å². The maximum Gasteiger partial charge on any atom is 0.317 e. The van der Waals surface area contributed by atoms with Crippen LogP contribution in [0.5, 0.6) is 0 Å². The number of non-ortho nitro benzene ring substituents is 1. The van der Waals surface area contributed by atoms with Crippen molar-refractivity contribution in [1.82, 2.24) is 4.90 Å². The Balaban J connectivity index is 2.80. The second kappa shape index (κ2) is 6.84. The van der Waals surface area contributed by atoms with E-state index in [4.69, 9.17) is 5.11 Å². The van der Waals surface area contributed by atoms with Crippen LogP contribution in [0.25, 0.3) is 0 Å². The minimum atomic E-state index is -0.897. The molecule has 0 aromatic heterocycles. The first kappa shape index (κ1) is 15.1. The van der Waals surface area contributed by atoms with Gasteiger partial charge < -0.3 is 5.11 Å². The zero-order valence-electron chi connectivity index (χ0n) is 11.1. The number of carboxylic acid groups (broad SMARTS) is 1. The topological polar surface area (TPSA) is 83.7 Å². The van der Waals surface area contributed by atoms with Gasteiger partial charge in [-0.2, -0.15) is 0 Å². The zero-order chi connectivity index (χ0) is 14.4. The summed E-state index contributed by atoms with van der Waals surface area (Å²) in [5, 5.41) is 19.6. The highest BCUT2D eigenvalue weighted by Gasteiger charge is 2.13. The molecule has 0 radical (unpaired) electrons. The molecule has 0 saturated carbocycles. The predicted molar refractivity (Wildman–Crippen MR) is 70.8 cm³/mol. The normalized spacial score (nSPS) is 10.9. The molecule has 1 rings (SSSR count). The molecule has 1 N–H and O–H groups in total. The number of carboxylic acids is 1. The van der Waals surface area contributed by atoms with E-state index < -0.39 is 10.9 Å². The van der Waals surface area contributed by atoms with Crippen molar-refractivity contribution in [1.29, 1.82) is 0 Å². The van der Waals surface area contributed by atoms with Gasteiger partial charge in [-0.3, -0.25) is 19.8 Å². The first-order valence-corrected chi connectivity index (χ1v) is 6.06. The fraction of sp³-hybridized carbons (Fsp3) is 0.462. The lowest BCUT2D eigenvalue weighted by Crippen LogP contribution is -2.32. The third-order valence-electron chi connectivity index (χ3n) is 2.51. The molecular formula is C13H18N2O4. The number of nitro groups is 1. The summed E-state index contributed by atoms with van der Waals surface area (Å²) >= 11 is 0. The van der Waals surface area contributed by atoms with Gasteiger partial charge in [0.2, 0.25) is 0 Å². The predicted octanol–water partition coefficient (Wildman–Crippen LogP) is 2.14. The number of nitrogens with zero attached hydrogens (tertiary/aromatic N) is 2. The van der Waals surface area contributed by atoms with Gasteiger partial charge >= 0.3 is 5.97 Å². The van der Waals surface area contributed by atoms with Crippen LogP contribution in [0, 0.1) is 16.0 Å². The minimum Gasteiger partial charge on any atom is -0.480 e. The minimum absolute atomic E-state index is 0.0253. The van der Waals surface area contributed by atoms with Gasteiger partial charge in [0.15, 0.2) is 0 Å². The van der Waals surface area contributed by atoms with Gasteiger partial charge in [0.1, 0.15) is 0 Å². The van der Waals surface area contributed by atoms with E-state index in [1.807, 2.05) is 13.8 Å². The van der Waals surface area contributed by atoms with Crippen molar-refractivity contribution in [3.63, 3.8) is 0 Å². The molecule has 0 fully saturated rings. The number of carbonyl (C=O) groups is 1. The molecule has 19 heavy (non-hydrogen) atoms. The molecule has 0 aliphatic carbocycles. The van der Waals surface area contributed by atoms with Crippen LogP contribution in [0.3, 0.4) is 0 Å². The van der Waals surface area contributed by atoms with Crippen LogP contribution < -0.4 is 0 Å². The Labute approximate surface area is 111 Å². The van der Waals surface area contributed by atoms with Gasteiger partial charge in [0.05, 0.1) is 11.5 Å². The standard InChI is InChI=1S/C13H18N2O4/c1-10(2)7-14(9-13(16)17)8-11-4-3-5-12(6-11)15(18)19/h3-6,10H,7-9H2,1-2H3,(H,16,17). The quantitative estimate of drug-likeness (QED) is 0.603. The van der Waals surface area contributed by atoms with Crippen LogP contribution in [0.2, 0.25) is 0 Å². The SMILES string of the molecule is CC(C)CN(CC(=O)O)Cc1cccc([N+](=O)[O-])c1. The molecule has 1 aromatic rings. The molecule has 0 unspecified atom stereocenters. The van der Waals surface area contributed by atoms with E-state index in [1.54, 1.807) is 17.0 Å². The van der Waals surface area contributed by atoms with E-state index in [-0.39, 0.29) is 12.2 Å². The van der Waals surface area contributed by atoms with Crippen molar-refractivity contribution in [3.8, 4) is 0 Å². The number of aliphatic carboxylic acids is 1. The van der Waals surface area contributed by atoms with E-state index in [2.05, 4.69) is 0 Å². The van der Waals surface area contributed by atoms with E-state index in [9.17, 15) is 14.9 Å². The smallest absolute Gasteiger partial charge is 0.317 e. The molecule has 1 aromatic carbocycles. The molecule has 6 nitrogen and oxygen atoms in total. The van der Waals surface area contributed by atoms with Gasteiger partial charge in [-0.1, -0.05) is 26.0 Å². The second-order valence-electron chi connectivity index (χ2n) is 4.88. The summed E-state index contributed by atoms with van der Waals surface area (Å²) in [7, 11) is 0. The monoisotopic (exact) mass is 266 g/mol. The first-order valence-electron chi connectivity index (χ1n) is 6.06. The molecule has 0 amide bonds. The number of benzene rings is 1. The molecule has 0 aliphatic heterocycles. The van der Waals surface area contributed by atoms with Crippen LogP contribution in [-0.4, -0.2) is 34.0 Å². The summed E-state index contributed by atoms with van der Waals surface area (Å²) in [6.45, 7) is 4.96. The molecular weight excluding hydrogens is 248 g/mol. The van der Waals surface area contributed by atoms with Gasteiger partial charge in [0, 0.05) is 25.2 Å². The lowest BCUT2D eigenvalue weighted by molar-refractivity contribution is -0.384. The summed E-state index contributed by atoms with van der Waals surface area (Å²) < 4.78 is 0. The van der Waals surface area contributed by atoms with Crippen LogP contribution in [0.1, 0.15) is 19.4 Å². The molecule has 6 heteroatoms. The van der Waals surface area contributed by atoms with E-state index in [1.165, 1.54) is 12.1 Å². The van der Waals surface area contributed by atoms with Crippen molar-refractivity contribution < 1.29 is 14.8 Å². The lowest BCUT2D eigenvalue weighted by atomic mass is 10.1. The second-order valence-corrected chi connectivity index (χ2v) is 4.88. The maximum atomic E-state index is 10.8. The molecule has 0 atom stereocenters. The van der Waals surface area contributed by atoms with Crippen molar-refractivity contribution in [2.45, 2.75) is 20.4 Å². The average Bonchev–Trinajstić information content (AvgIpc) is 2.27. The van der Waals surface area contributed by atoms with E-state index >= 15 is 0 Å². The zero-order valence-corrected chi connectivity index (χ0v) is 11.1. The first-order chi connectivity index (χ1) is 8.88. The van der Waals surface area contributed by atoms with Gasteiger partial charge in [0.25, 0.3) is 5.69 Å². The Bertz CT molecular complexity index is 460. The van der Waals surface area contributed by atoms with E-state index in [0.29, 0.717) is 19.0 Å². The van der Waals surface area contributed by atoms with Gasteiger partial charge in [-0.25, -0.2) is 0 Å². The number of hydrogen-bond acceptors (Lipinski definition) is 4. The Morgan fingerprint density at radius 1 is 1.47 bits per heavy atom. The fourth-order valence-corrected chi connectivity index (χ4v) is 1.92. The summed E-state index contributed by atoms with van der Waals surface area (Å²) in [5.74, 6) is -0.566. The van der Waals surface area contributed by atoms with Crippen LogP contribution in [0.4, 0.5) is 5.69 Å². The van der Waals surface area contributed by atoms with Crippen molar-refractivity contribution >= 4 is 11.7 Å². The Morgan fingerprint density at radius 3 is 2.68 bits per heavy atom. The number of nitro benzene ring substituents is 1. The summed E-state index contributed by atoms with van der Waals surface area (Å²) in [6.07, 6.45) is 0. The van der Waals surface area contributed by atoms with Crippen molar-refractivity contribution in [2.24, 2.45) is 5.92 Å². The highest BCUT2D eigenvalue weighted by atomic mass is 16.6. The van der Waals surface area contributed by atoms with Crippen LogP contribution in [0.15, 0.2) is 24.3 Å². The highest BCUT2D eigenvalue weighted by Crippen LogP contribution is 2.15. The molecule has 0 heterocycles. The summed E-state index contributed by atoms with van der Waals surface area (Å²) in [5.41, 5.74) is 0.772. The van der Waals surface area contributed by atoms with Crippen molar-refractivity contribution in [2.75, 3.05) is 13.1 Å². The Morgan fingerprint density at radius 2 is 2.16 bits per heavy atom. The molecule has 0 bridgehead atoms. The summed E-state index contributed by atoms with van der Waals surface area (Å²) in [4.78, 5) is 22.8. The third kappa shape index (κ3) is 5.48. The largest absolute Gasteiger partial charge is 0.480 e. The molecule has 0 spiro atoms. The van der Waals surface area contributed by atoms with E-state index in [0.717, 1.165) is 5.56 Å². The van der Waals surface area contributed by atoms with Gasteiger partial charge in [-0.15, -0.1) is 0 Å². The molecule has 104 valence electrons. The Kier molecular flexibility index (Phi) is 5.44. The number of hydrogen-bond donors (Lipinski definition) is 1. The van der Waals surface area contributed by atoms with Crippen LogP contribution >= 0.6 is 0 Å². The molecule has 0 saturated heterocycles. The fourth-order valence-electron chi connectivity index (χ4n) is 1.92. The average molecular weight is 266 g/mol. The van der Waals surface area contributed by atoms with Crippen LogP contribution in [-0.2, 0) is 11.3 Å². The highest BCUT2D eigenvalue weighted by molar-refractivity contribution is 5.69. The lowest BCUT2D eigenvalue weighted by Gasteiger charge is -2.22. The number of rotatable bonds is 7. The maximum absolute atomic E-state index is 10.8. The van der Waals surface area contributed by atoms with Gasteiger partial charge in [-0.05, 0) is 11.5 Å². The third-order valence-corrected chi connectivity index (χ3v) is 2.51. The summed E-state index contributed by atoms with van der Waals surface area (Å²) in [6, 6.07) is 6.28.